The maximum atomic E-state index is 14.9. The lowest BCUT2D eigenvalue weighted by molar-refractivity contribution is -0.159. The van der Waals surface area contributed by atoms with Crippen LogP contribution in [-0.2, 0) is 33.9 Å². The number of benzene rings is 3. The number of amides is 2. The second kappa shape index (κ2) is 16.5. The summed E-state index contributed by atoms with van der Waals surface area (Å²) in [4.78, 5) is 46.2. The van der Waals surface area contributed by atoms with Crippen LogP contribution in [0.1, 0.15) is 71.3 Å². The number of rotatable bonds is 12. The molecule has 0 aromatic heterocycles. The first kappa shape index (κ1) is 38.0. The molecule has 1 saturated carbocycles. The molecule has 3 aromatic rings. The number of hydrazine groups is 1. The van der Waals surface area contributed by atoms with Crippen LogP contribution in [-0.4, -0.2) is 73.1 Å². The summed E-state index contributed by atoms with van der Waals surface area (Å²) in [6.07, 6.45) is 4.34. The molecule has 2 amide bonds. The average Bonchev–Trinajstić information content (AvgIpc) is 3.48. The largest absolute Gasteiger partial charge is 0.497 e. The molecular weight excluding hydrogens is 742 g/mol. The number of hydrogen-bond donors (Lipinski definition) is 2. The Hall–Kier alpha value is -4.75. The van der Waals surface area contributed by atoms with Crippen LogP contribution in [0.25, 0.3) is 0 Å². The molecule has 4 N–H and O–H groups in total. The number of halogens is 1. The van der Waals surface area contributed by atoms with Crippen LogP contribution in [0, 0.1) is 11.8 Å². The standard InChI is InChI=1S/C40H48BrN5O7/c1-24(33(42)21-44(2)43)53-35-16-15-32(41)31-17-18-46(34(37(31)35)22-45-20-25-9-5-6-10-28(25)38(45)47)39(48)29-11-7-8-12-30(29)40(49)52-23-26-13-14-27(50-3)19-36(26)51-4/h5-6,9-10,13-16,19,21,24,29-30,34H,7-8,11-12,17-18,20,22-23,42-43H2,1-4H3/b33-21-. The van der Waals surface area contributed by atoms with Crippen molar-refractivity contribution in [2.45, 2.75) is 64.3 Å². The van der Waals surface area contributed by atoms with Crippen molar-refractivity contribution in [3.63, 3.8) is 0 Å². The van der Waals surface area contributed by atoms with Gasteiger partial charge in [-0.2, -0.15) is 0 Å². The van der Waals surface area contributed by atoms with E-state index in [0.29, 0.717) is 66.4 Å². The molecule has 0 spiro atoms. The molecule has 0 bridgehead atoms. The van der Waals surface area contributed by atoms with Crippen LogP contribution in [0.3, 0.4) is 0 Å². The molecular formula is C40H48BrN5O7. The molecule has 4 atom stereocenters. The Bertz CT molecular complexity index is 1880. The summed E-state index contributed by atoms with van der Waals surface area (Å²) in [5.41, 5.74) is 10.9. The Balaban J connectivity index is 1.31. The first-order valence-electron chi connectivity index (χ1n) is 18.0. The van der Waals surface area contributed by atoms with Crippen molar-refractivity contribution in [1.29, 1.82) is 0 Å². The maximum absolute atomic E-state index is 14.9. The third-order valence-corrected chi connectivity index (χ3v) is 11.3. The molecule has 0 radical (unpaired) electrons. The SMILES string of the molecule is COc1ccc(COC(=O)C2CCCCC2C(=O)N2CCc3c(Br)ccc(OC(C)/C(N)=C/N(C)N)c3C2CN2Cc3ccccc3C2=O)c(OC)c1. The van der Waals surface area contributed by atoms with E-state index < -0.39 is 30.0 Å². The van der Waals surface area contributed by atoms with E-state index in [1.54, 1.807) is 50.6 Å². The highest BCUT2D eigenvalue weighted by atomic mass is 79.9. The van der Waals surface area contributed by atoms with Gasteiger partial charge in [0.1, 0.15) is 30.0 Å². The number of carbonyl (C=O) groups is 3. The molecule has 12 nitrogen and oxygen atoms in total. The van der Waals surface area contributed by atoms with Crippen molar-refractivity contribution in [2.75, 3.05) is 34.4 Å². The van der Waals surface area contributed by atoms with Crippen LogP contribution in [0.4, 0.5) is 0 Å². The zero-order valence-corrected chi connectivity index (χ0v) is 32.3. The second-order valence-electron chi connectivity index (χ2n) is 13.9. The lowest BCUT2D eigenvalue weighted by Crippen LogP contribution is -2.50. The van der Waals surface area contributed by atoms with Gasteiger partial charge in [0.2, 0.25) is 5.91 Å². The Morgan fingerprint density at radius 1 is 1.04 bits per heavy atom. The number of esters is 1. The lowest BCUT2D eigenvalue weighted by Gasteiger charge is -2.43. The topological polar surface area (TPSA) is 150 Å². The number of nitrogens with zero attached hydrogens (tertiary/aromatic N) is 3. The van der Waals surface area contributed by atoms with Gasteiger partial charge in [0.25, 0.3) is 5.91 Å². The fraction of sp³-hybridized carbons (Fsp3) is 0.425. The molecule has 1 aliphatic carbocycles. The average molecular weight is 791 g/mol. The number of nitrogens with two attached hydrogens (primary N) is 2. The first-order valence-corrected chi connectivity index (χ1v) is 18.8. The number of fused-ring (bicyclic) bond motifs is 2. The normalized spacial score (nSPS) is 20.3. The second-order valence-corrected chi connectivity index (χ2v) is 14.8. The van der Waals surface area contributed by atoms with Crippen LogP contribution >= 0.6 is 15.9 Å². The van der Waals surface area contributed by atoms with Gasteiger partial charge in [-0.15, -0.1) is 0 Å². The van der Waals surface area contributed by atoms with E-state index in [1.807, 2.05) is 48.2 Å². The van der Waals surface area contributed by atoms with Gasteiger partial charge in [-0.1, -0.05) is 47.0 Å². The molecule has 6 rings (SSSR count). The van der Waals surface area contributed by atoms with Gasteiger partial charge in [-0.3, -0.25) is 14.4 Å². The Kier molecular flexibility index (Phi) is 11.8. The van der Waals surface area contributed by atoms with Gasteiger partial charge in [0.15, 0.2) is 0 Å². The highest BCUT2D eigenvalue weighted by Gasteiger charge is 2.44. The molecule has 282 valence electrons. The highest BCUT2D eigenvalue weighted by Crippen LogP contribution is 2.44. The van der Waals surface area contributed by atoms with Crippen molar-refractivity contribution in [3.8, 4) is 17.2 Å². The predicted molar refractivity (Wildman–Crippen MR) is 203 cm³/mol. The monoisotopic (exact) mass is 789 g/mol. The minimum Gasteiger partial charge on any atom is -0.497 e. The molecule has 2 heterocycles. The molecule has 13 heteroatoms. The van der Waals surface area contributed by atoms with Crippen molar-refractivity contribution >= 4 is 33.7 Å². The quantitative estimate of drug-likeness (QED) is 0.137. The van der Waals surface area contributed by atoms with E-state index in [-0.39, 0.29) is 25.0 Å². The van der Waals surface area contributed by atoms with Gasteiger partial charge >= 0.3 is 5.97 Å². The predicted octanol–water partition coefficient (Wildman–Crippen LogP) is 5.47. The van der Waals surface area contributed by atoms with Gasteiger partial charge in [0, 0.05) is 60.1 Å². The number of hydrogen-bond acceptors (Lipinski definition) is 10. The van der Waals surface area contributed by atoms with E-state index in [0.717, 1.165) is 34.0 Å². The van der Waals surface area contributed by atoms with E-state index >= 15 is 0 Å². The molecule has 4 unspecified atom stereocenters. The van der Waals surface area contributed by atoms with Gasteiger partial charge in [0.05, 0.1) is 37.8 Å². The van der Waals surface area contributed by atoms with E-state index in [2.05, 4.69) is 15.9 Å². The van der Waals surface area contributed by atoms with E-state index in [1.165, 1.54) is 5.01 Å². The van der Waals surface area contributed by atoms with Crippen LogP contribution in [0.15, 0.2) is 71.0 Å². The van der Waals surface area contributed by atoms with Crippen molar-refractivity contribution in [1.82, 2.24) is 14.8 Å². The third kappa shape index (κ3) is 8.11. The summed E-state index contributed by atoms with van der Waals surface area (Å²) in [5, 5.41) is 1.37. The molecule has 1 fully saturated rings. The zero-order valence-electron chi connectivity index (χ0n) is 30.7. The Morgan fingerprint density at radius 2 is 1.79 bits per heavy atom. The maximum Gasteiger partial charge on any atom is 0.310 e. The minimum atomic E-state index is -0.614. The van der Waals surface area contributed by atoms with Gasteiger partial charge in [-0.05, 0) is 67.6 Å². The van der Waals surface area contributed by atoms with Gasteiger partial charge < -0.3 is 39.5 Å². The van der Waals surface area contributed by atoms with E-state index in [9.17, 15) is 14.4 Å². The van der Waals surface area contributed by atoms with Crippen LogP contribution in [0.2, 0.25) is 0 Å². The van der Waals surface area contributed by atoms with Crippen molar-refractivity contribution in [3.05, 3.63) is 98.8 Å². The minimum absolute atomic E-state index is 0.00515. The molecule has 53 heavy (non-hydrogen) atoms. The van der Waals surface area contributed by atoms with Gasteiger partial charge in [-0.25, -0.2) is 5.84 Å². The number of methoxy groups -OCH3 is 2. The molecule has 2 aliphatic heterocycles. The summed E-state index contributed by atoms with van der Waals surface area (Å²) in [6.45, 7) is 2.92. The fourth-order valence-electron chi connectivity index (χ4n) is 7.75. The van der Waals surface area contributed by atoms with Crippen LogP contribution in [0.5, 0.6) is 17.2 Å². The van der Waals surface area contributed by atoms with Crippen molar-refractivity contribution < 1.29 is 33.3 Å². The Morgan fingerprint density at radius 3 is 2.51 bits per heavy atom. The summed E-state index contributed by atoms with van der Waals surface area (Å²) in [6, 6.07) is 16.2. The third-order valence-electron chi connectivity index (χ3n) is 10.5. The molecule has 0 saturated heterocycles. The number of carbonyl (C=O) groups excluding carboxylic acids is 3. The zero-order chi connectivity index (χ0) is 37.8. The summed E-state index contributed by atoms with van der Waals surface area (Å²) in [5.74, 6) is 5.75. The molecule has 3 aliphatic rings. The summed E-state index contributed by atoms with van der Waals surface area (Å²) in [7, 11) is 4.80. The number of ether oxygens (including phenoxy) is 4. The Labute approximate surface area is 319 Å². The van der Waals surface area contributed by atoms with E-state index in [4.69, 9.17) is 30.5 Å². The summed E-state index contributed by atoms with van der Waals surface area (Å²) >= 11 is 3.76. The fourth-order valence-corrected chi connectivity index (χ4v) is 8.30. The van der Waals surface area contributed by atoms with Crippen LogP contribution < -0.4 is 25.8 Å². The first-order chi connectivity index (χ1) is 25.5. The molecule has 3 aromatic carbocycles. The lowest BCUT2D eigenvalue weighted by atomic mass is 9.77. The van der Waals surface area contributed by atoms with Crippen molar-refractivity contribution in [2.24, 2.45) is 23.4 Å². The smallest absolute Gasteiger partial charge is 0.310 e. The highest BCUT2D eigenvalue weighted by molar-refractivity contribution is 9.10. The summed E-state index contributed by atoms with van der Waals surface area (Å²) < 4.78 is 24.1.